The smallest absolute Gasteiger partial charge is 0.254 e. The number of nitrogens with zero attached hydrogens (tertiary/aromatic N) is 2. The second-order valence-corrected chi connectivity index (χ2v) is 9.56. The van der Waals surface area contributed by atoms with E-state index in [1.807, 2.05) is 71.8 Å². The predicted octanol–water partition coefficient (Wildman–Crippen LogP) is 5.29. The number of hydrogen-bond donors (Lipinski definition) is 1. The molecule has 0 bridgehead atoms. The third-order valence-electron chi connectivity index (χ3n) is 6.15. The first kappa shape index (κ1) is 25.7. The molecule has 7 heteroatoms. The number of methoxy groups -OCH3 is 1. The molecular weight excluding hydrogens is 518 g/mol. The molecule has 36 heavy (non-hydrogen) atoms. The number of hydrogen-bond acceptors (Lipinski definition) is 3. The second kappa shape index (κ2) is 12.5. The number of fused-ring (bicyclic) bond motifs is 1. The van der Waals surface area contributed by atoms with E-state index in [1.165, 1.54) is 0 Å². The third-order valence-corrected chi connectivity index (χ3v) is 6.64. The number of para-hydroxylation sites is 1. The number of aromatic nitrogens is 1. The van der Waals surface area contributed by atoms with Gasteiger partial charge in [-0.2, -0.15) is 0 Å². The normalized spacial score (nSPS) is 10.9. The molecule has 0 radical (unpaired) electrons. The summed E-state index contributed by atoms with van der Waals surface area (Å²) in [7, 11) is 1.59. The molecule has 0 aliphatic heterocycles. The molecule has 2 amide bonds. The van der Waals surface area contributed by atoms with E-state index in [0.29, 0.717) is 38.2 Å². The molecule has 1 heterocycles. The second-order valence-electron chi connectivity index (χ2n) is 8.64. The van der Waals surface area contributed by atoms with Crippen LogP contribution in [0.4, 0.5) is 0 Å². The summed E-state index contributed by atoms with van der Waals surface area (Å²) in [4.78, 5) is 33.6. The van der Waals surface area contributed by atoms with Crippen molar-refractivity contribution in [1.82, 2.24) is 14.8 Å². The van der Waals surface area contributed by atoms with E-state index in [1.54, 1.807) is 24.1 Å². The van der Waals surface area contributed by atoms with Gasteiger partial charge in [-0.25, -0.2) is 0 Å². The maximum atomic E-state index is 13.6. The van der Waals surface area contributed by atoms with Crippen LogP contribution in [-0.4, -0.2) is 59.9 Å². The Bertz CT molecular complexity index is 1310. The molecule has 0 unspecified atom stereocenters. The van der Waals surface area contributed by atoms with Crippen LogP contribution < -0.4 is 0 Å². The van der Waals surface area contributed by atoms with Crippen LogP contribution in [0.15, 0.2) is 89.5 Å². The van der Waals surface area contributed by atoms with E-state index in [0.717, 1.165) is 26.5 Å². The zero-order valence-electron chi connectivity index (χ0n) is 20.3. The van der Waals surface area contributed by atoms with Crippen LogP contribution in [0.1, 0.15) is 21.5 Å². The molecular formula is C29H30BrN3O3. The van der Waals surface area contributed by atoms with Gasteiger partial charge in [-0.1, -0.05) is 70.5 Å². The van der Waals surface area contributed by atoms with Gasteiger partial charge in [0.2, 0.25) is 5.91 Å². The molecule has 1 N–H and O–H groups in total. The molecule has 0 fully saturated rings. The summed E-state index contributed by atoms with van der Waals surface area (Å²) in [6.07, 6.45) is 2.72. The van der Waals surface area contributed by atoms with Crippen molar-refractivity contribution in [2.75, 3.05) is 33.4 Å². The Morgan fingerprint density at radius 2 is 1.69 bits per heavy atom. The fourth-order valence-electron chi connectivity index (χ4n) is 4.21. The first-order valence-electron chi connectivity index (χ1n) is 12.0. The Balaban J connectivity index is 1.53. The number of ether oxygens (including phenoxy) is 1. The van der Waals surface area contributed by atoms with Crippen LogP contribution in [-0.2, 0) is 22.5 Å². The monoisotopic (exact) mass is 547 g/mol. The number of nitrogens with one attached hydrogen (secondary N) is 1. The number of benzene rings is 3. The molecule has 1 aromatic heterocycles. The summed E-state index contributed by atoms with van der Waals surface area (Å²) >= 11 is 3.43. The minimum Gasteiger partial charge on any atom is -0.383 e. The number of amides is 2. The van der Waals surface area contributed by atoms with Crippen molar-refractivity contribution in [3.05, 3.63) is 106 Å². The summed E-state index contributed by atoms with van der Waals surface area (Å²) in [5, 5.41) is 1.16. The summed E-state index contributed by atoms with van der Waals surface area (Å²) in [5.41, 5.74) is 3.82. The van der Waals surface area contributed by atoms with Crippen LogP contribution >= 0.6 is 15.9 Å². The first-order valence-corrected chi connectivity index (χ1v) is 12.7. The van der Waals surface area contributed by atoms with Crippen molar-refractivity contribution in [3.63, 3.8) is 0 Å². The lowest BCUT2D eigenvalue weighted by Crippen LogP contribution is -2.44. The molecule has 0 atom stereocenters. The Morgan fingerprint density at radius 1 is 0.917 bits per heavy atom. The number of halogens is 1. The number of carbonyl (C=O) groups is 2. The van der Waals surface area contributed by atoms with Gasteiger partial charge in [0.1, 0.15) is 6.54 Å². The van der Waals surface area contributed by atoms with E-state index in [2.05, 4.69) is 27.0 Å². The van der Waals surface area contributed by atoms with Crippen molar-refractivity contribution in [3.8, 4) is 0 Å². The van der Waals surface area contributed by atoms with Gasteiger partial charge in [0, 0.05) is 53.9 Å². The lowest BCUT2D eigenvalue weighted by atomic mass is 10.1. The van der Waals surface area contributed by atoms with Crippen molar-refractivity contribution >= 4 is 38.6 Å². The number of aromatic amines is 1. The lowest BCUT2D eigenvalue weighted by molar-refractivity contribution is -0.132. The van der Waals surface area contributed by atoms with Crippen LogP contribution in [0.3, 0.4) is 0 Å². The zero-order chi connectivity index (χ0) is 25.3. The summed E-state index contributed by atoms with van der Waals surface area (Å²) in [6.45, 7) is 1.68. The van der Waals surface area contributed by atoms with Gasteiger partial charge in [-0.15, -0.1) is 0 Å². The molecule has 0 saturated carbocycles. The summed E-state index contributed by atoms with van der Waals surface area (Å²) < 4.78 is 6.04. The molecule has 186 valence electrons. The van der Waals surface area contributed by atoms with E-state index in [9.17, 15) is 9.59 Å². The molecule has 0 spiro atoms. The van der Waals surface area contributed by atoms with Crippen LogP contribution in [0, 0.1) is 0 Å². The average Bonchev–Trinajstić information content (AvgIpc) is 3.32. The zero-order valence-corrected chi connectivity index (χ0v) is 21.9. The number of H-pyrrole nitrogens is 1. The van der Waals surface area contributed by atoms with Crippen molar-refractivity contribution in [1.29, 1.82) is 0 Å². The highest BCUT2D eigenvalue weighted by Crippen LogP contribution is 2.19. The SMILES string of the molecule is COCCN(CC(=O)N(CCc1c[nH]c2ccccc12)Cc1ccccc1)C(=O)c1cccc(Br)c1. The van der Waals surface area contributed by atoms with Crippen LogP contribution in [0.2, 0.25) is 0 Å². The fourth-order valence-corrected chi connectivity index (χ4v) is 4.61. The third kappa shape index (κ3) is 6.62. The van der Waals surface area contributed by atoms with Gasteiger partial charge < -0.3 is 19.5 Å². The Kier molecular flexibility index (Phi) is 8.92. The first-order chi connectivity index (χ1) is 17.5. The molecule has 0 aliphatic rings. The predicted molar refractivity (Wildman–Crippen MR) is 146 cm³/mol. The summed E-state index contributed by atoms with van der Waals surface area (Å²) in [6, 6.07) is 25.3. The van der Waals surface area contributed by atoms with Crippen LogP contribution in [0.25, 0.3) is 10.9 Å². The topological polar surface area (TPSA) is 65.6 Å². The highest BCUT2D eigenvalue weighted by molar-refractivity contribution is 9.10. The van der Waals surface area contributed by atoms with E-state index in [-0.39, 0.29) is 18.4 Å². The fraction of sp³-hybridized carbons (Fsp3) is 0.241. The number of carbonyl (C=O) groups excluding carboxylic acids is 2. The molecule has 0 saturated heterocycles. The van der Waals surface area contributed by atoms with E-state index in [4.69, 9.17) is 4.74 Å². The largest absolute Gasteiger partial charge is 0.383 e. The molecule has 0 aliphatic carbocycles. The lowest BCUT2D eigenvalue weighted by Gasteiger charge is -2.28. The molecule has 6 nitrogen and oxygen atoms in total. The average molecular weight is 548 g/mol. The minimum absolute atomic E-state index is 0.0184. The molecule has 4 rings (SSSR count). The highest BCUT2D eigenvalue weighted by atomic mass is 79.9. The summed E-state index contributed by atoms with van der Waals surface area (Å²) in [5.74, 6) is -0.295. The van der Waals surface area contributed by atoms with Gasteiger partial charge in [0.05, 0.1) is 6.61 Å². The Hall–Kier alpha value is -3.42. The van der Waals surface area contributed by atoms with Gasteiger partial charge in [0.15, 0.2) is 0 Å². The van der Waals surface area contributed by atoms with E-state index < -0.39 is 0 Å². The molecule has 3 aromatic carbocycles. The molecule has 4 aromatic rings. The Morgan fingerprint density at radius 3 is 2.47 bits per heavy atom. The van der Waals surface area contributed by atoms with Crippen molar-refractivity contribution < 1.29 is 14.3 Å². The van der Waals surface area contributed by atoms with Crippen molar-refractivity contribution in [2.24, 2.45) is 0 Å². The maximum Gasteiger partial charge on any atom is 0.254 e. The highest BCUT2D eigenvalue weighted by Gasteiger charge is 2.23. The maximum absolute atomic E-state index is 13.6. The minimum atomic E-state index is -0.196. The van der Waals surface area contributed by atoms with Gasteiger partial charge in [-0.3, -0.25) is 9.59 Å². The van der Waals surface area contributed by atoms with Gasteiger partial charge in [0.25, 0.3) is 5.91 Å². The van der Waals surface area contributed by atoms with Crippen LogP contribution in [0.5, 0.6) is 0 Å². The van der Waals surface area contributed by atoms with Gasteiger partial charge in [-0.05, 0) is 41.8 Å². The quantitative estimate of drug-likeness (QED) is 0.277. The van der Waals surface area contributed by atoms with Crippen molar-refractivity contribution in [2.45, 2.75) is 13.0 Å². The van der Waals surface area contributed by atoms with E-state index >= 15 is 0 Å². The standard InChI is InChI=1S/C29H30BrN3O3/c1-36-17-16-33(29(35)23-10-7-11-25(30)18-23)21-28(34)32(20-22-8-3-2-4-9-22)15-14-24-19-31-27-13-6-5-12-26(24)27/h2-13,18-19,31H,14-17,20-21H2,1H3. The van der Waals surface area contributed by atoms with Gasteiger partial charge >= 0.3 is 0 Å². The number of rotatable bonds is 11. The Labute approximate surface area is 220 Å².